The summed E-state index contributed by atoms with van der Waals surface area (Å²) in [6, 6.07) is 0. The number of rotatable bonds is 5. The minimum atomic E-state index is -0.884. The van der Waals surface area contributed by atoms with Crippen molar-refractivity contribution in [1.82, 2.24) is 0 Å². The number of carboxylic acid groups (broad SMARTS) is 1. The Morgan fingerprint density at radius 1 is 1.18 bits per heavy atom. The second-order valence-corrected chi connectivity index (χ2v) is 13.6. The fourth-order valence-corrected chi connectivity index (χ4v) is 10.2. The summed E-state index contributed by atoms with van der Waals surface area (Å²) in [7, 11) is 0. The molecule has 0 radical (unpaired) electrons. The number of aliphatic hydroxyl groups excluding tert-OH is 2. The molecule has 0 saturated heterocycles. The molecule has 0 heterocycles. The van der Waals surface area contributed by atoms with Gasteiger partial charge in [0.2, 0.25) is 0 Å². The number of carbonyl (C=O) groups excluding carboxylic acids is 1. The summed E-state index contributed by atoms with van der Waals surface area (Å²) in [5.74, 6) is -0.850. The average molecular weight is 471 g/mol. The van der Waals surface area contributed by atoms with Crippen molar-refractivity contribution in [2.75, 3.05) is 0 Å². The number of hydrogen-bond donors (Lipinski definition) is 3. The van der Waals surface area contributed by atoms with E-state index in [0.29, 0.717) is 23.8 Å². The van der Waals surface area contributed by atoms with Crippen molar-refractivity contribution in [1.29, 1.82) is 0 Å². The fourth-order valence-electron chi connectivity index (χ4n) is 10.2. The molecule has 4 saturated carbocycles. The predicted octanol–water partition coefficient (Wildman–Crippen LogP) is 4.77. The molecule has 0 aromatic heterocycles. The monoisotopic (exact) mass is 470 g/mol. The third-order valence-corrected chi connectivity index (χ3v) is 12.3. The van der Waals surface area contributed by atoms with Crippen LogP contribution in [0.15, 0.2) is 24.3 Å². The van der Waals surface area contributed by atoms with E-state index in [0.717, 1.165) is 32.1 Å². The molecular weight excluding hydrogens is 428 g/mol. The highest BCUT2D eigenvalue weighted by molar-refractivity contribution is 5.96. The van der Waals surface area contributed by atoms with Crippen LogP contribution < -0.4 is 0 Å². The second kappa shape index (κ2) is 7.06. The summed E-state index contributed by atoms with van der Waals surface area (Å²) < 4.78 is 0. The van der Waals surface area contributed by atoms with Gasteiger partial charge in [0.05, 0.1) is 18.1 Å². The zero-order valence-corrected chi connectivity index (χ0v) is 21.4. The van der Waals surface area contributed by atoms with Crippen molar-refractivity contribution in [3.8, 4) is 0 Å². The van der Waals surface area contributed by atoms with Crippen LogP contribution >= 0.6 is 0 Å². The molecule has 5 heteroatoms. The maximum atomic E-state index is 12.7. The number of allylic oxidation sites excluding steroid dienone is 2. The highest BCUT2D eigenvalue weighted by atomic mass is 16.4. The summed E-state index contributed by atoms with van der Waals surface area (Å²) >= 11 is 0. The number of hydrogen-bond acceptors (Lipinski definition) is 4. The molecule has 5 aliphatic carbocycles. The second-order valence-electron chi connectivity index (χ2n) is 13.6. The number of ketones is 1. The quantitative estimate of drug-likeness (QED) is 0.503. The van der Waals surface area contributed by atoms with Crippen molar-refractivity contribution in [2.45, 2.75) is 91.8 Å². The Morgan fingerprint density at radius 3 is 2.44 bits per heavy atom. The van der Waals surface area contributed by atoms with Crippen molar-refractivity contribution < 1.29 is 24.9 Å². The molecule has 3 N–H and O–H groups in total. The average Bonchev–Trinajstić information content (AvgIpc) is 3.32. The number of aliphatic carboxylic acids is 1. The van der Waals surface area contributed by atoms with Crippen LogP contribution in [-0.2, 0) is 9.59 Å². The van der Waals surface area contributed by atoms with E-state index in [1.165, 1.54) is 0 Å². The van der Waals surface area contributed by atoms with E-state index in [1.54, 1.807) is 6.92 Å². The first-order chi connectivity index (χ1) is 15.7. The molecule has 0 amide bonds. The van der Waals surface area contributed by atoms with Gasteiger partial charge >= 0.3 is 5.97 Å². The minimum absolute atomic E-state index is 0.00287. The molecule has 0 unspecified atom stereocenters. The van der Waals surface area contributed by atoms with Crippen molar-refractivity contribution >= 4 is 11.8 Å². The molecule has 5 rings (SSSR count). The van der Waals surface area contributed by atoms with Gasteiger partial charge in [0, 0.05) is 10.8 Å². The fraction of sp³-hybridized carbons (Fsp3) is 0.793. The van der Waals surface area contributed by atoms with Crippen LogP contribution in [0.2, 0.25) is 0 Å². The standard InChI is InChI=1S/C29H42O5/c1-16(2)19(30)13-17(24(33)34)18-9-11-26(5)21-8-7-20-25(3,4)22(31)10-12-28(20)15-29(21,28)14-23(32)27(18,26)6/h10,12,17-21,23,30,32H,1,7-9,11,13-15H2,2-6H3,(H,33,34)/t17-,18-,19+,20+,21+,23-,26+,27+,28-,29+/m1/s1. The van der Waals surface area contributed by atoms with E-state index in [2.05, 4.69) is 40.3 Å². The molecule has 2 spiro atoms. The van der Waals surface area contributed by atoms with Crippen molar-refractivity contribution in [2.24, 2.45) is 50.7 Å². The molecule has 5 aliphatic rings. The minimum Gasteiger partial charge on any atom is -0.481 e. The van der Waals surface area contributed by atoms with Gasteiger partial charge in [-0.2, -0.15) is 0 Å². The van der Waals surface area contributed by atoms with Crippen LogP contribution in [0.3, 0.4) is 0 Å². The highest BCUT2D eigenvalue weighted by Crippen LogP contribution is 2.87. The van der Waals surface area contributed by atoms with Gasteiger partial charge in [0.15, 0.2) is 5.78 Å². The van der Waals surface area contributed by atoms with Gasteiger partial charge in [-0.3, -0.25) is 9.59 Å². The van der Waals surface area contributed by atoms with Gasteiger partial charge in [-0.1, -0.05) is 45.9 Å². The van der Waals surface area contributed by atoms with Crippen LogP contribution in [0, 0.1) is 50.7 Å². The van der Waals surface area contributed by atoms with Gasteiger partial charge in [-0.15, -0.1) is 0 Å². The van der Waals surface area contributed by atoms with E-state index in [1.807, 2.05) is 6.08 Å². The number of carbonyl (C=O) groups is 2. The van der Waals surface area contributed by atoms with E-state index in [4.69, 9.17) is 0 Å². The Kier molecular flexibility index (Phi) is 5.04. The lowest BCUT2D eigenvalue weighted by molar-refractivity contribution is -0.193. The maximum Gasteiger partial charge on any atom is 0.306 e. The Morgan fingerprint density at radius 2 is 1.82 bits per heavy atom. The molecule has 0 aromatic carbocycles. The Balaban J connectivity index is 1.53. The molecule has 4 fully saturated rings. The largest absolute Gasteiger partial charge is 0.481 e. The molecular formula is C29H42O5. The highest BCUT2D eigenvalue weighted by Gasteiger charge is 2.83. The van der Waals surface area contributed by atoms with Crippen LogP contribution in [0.5, 0.6) is 0 Å². The molecule has 0 aromatic rings. The Labute approximate surface area is 203 Å². The van der Waals surface area contributed by atoms with E-state index >= 15 is 0 Å². The molecule has 0 aliphatic heterocycles. The predicted molar refractivity (Wildman–Crippen MR) is 130 cm³/mol. The maximum absolute atomic E-state index is 12.7. The van der Waals surface area contributed by atoms with Crippen LogP contribution in [0.1, 0.15) is 79.6 Å². The molecule has 34 heavy (non-hydrogen) atoms. The van der Waals surface area contributed by atoms with Gasteiger partial charge in [0.25, 0.3) is 0 Å². The first-order valence-corrected chi connectivity index (χ1v) is 13.2. The zero-order chi connectivity index (χ0) is 25.1. The molecule has 0 bridgehead atoms. The van der Waals surface area contributed by atoms with Crippen LogP contribution in [-0.4, -0.2) is 39.3 Å². The first kappa shape index (κ1) is 24.2. The topological polar surface area (TPSA) is 94.8 Å². The summed E-state index contributed by atoms with van der Waals surface area (Å²) in [4.78, 5) is 25.2. The van der Waals surface area contributed by atoms with Crippen molar-refractivity contribution in [3.63, 3.8) is 0 Å². The normalized spacial score (nSPS) is 49.8. The van der Waals surface area contributed by atoms with Gasteiger partial charge < -0.3 is 15.3 Å². The van der Waals surface area contributed by atoms with Crippen LogP contribution in [0.25, 0.3) is 0 Å². The number of fused-ring (bicyclic) bond motifs is 2. The van der Waals surface area contributed by atoms with E-state index in [-0.39, 0.29) is 39.8 Å². The number of carboxylic acids is 1. The molecule has 188 valence electrons. The Hall–Kier alpha value is -1.46. The summed E-state index contributed by atoms with van der Waals surface area (Å²) in [5, 5.41) is 32.6. The van der Waals surface area contributed by atoms with Crippen molar-refractivity contribution in [3.05, 3.63) is 24.3 Å². The number of aliphatic hydroxyl groups is 2. The summed E-state index contributed by atoms with van der Waals surface area (Å²) in [6.07, 6.45) is 8.13. The SMILES string of the molecule is C=C(C)[C@@H](O)C[C@@H](C(=O)O)[C@H]1CC[C@@]2(C)[C@@H]3CC[C@H]4C(C)(C)C(=O)C=C[C@@]45C[C@@]35C[C@@H](O)[C@]12C. The molecule has 5 nitrogen and oxygen atoms in total. The molecule has 10 atom stereocenters. The zero-order valence-electron chi connectivity index (χ0n) is 21.4. The van der Waals surface area contributed by atoms with Crippen LogP contribution in [0.4, 0.5) is 0 Å². The first-order valence-electron chi connectivity index (χ1n) is 13.2. The third kappa shape index (κ3) is 2.64. The van der Waals surface area contributed by atoms with E-state index < -0.39 is 29.5 Å². The Bertz CT molecular complexity index is 981. The third-order valence-electron chi connectivity index (χ3n) is 12.3. The van der Waals surface area contributed by atoms with Gasteiger partial charge in [-0.25, -0.2) is 0 Å². The van der Waals surface area contributed by atoms with E-state index in [9.17, 15) is 24.9 Å². The lowest BCUT2D eigenvalue weighted by Gasteiger charge is -2.63. The summed E-state index contributed by atoms with van der Waals surface area (Å²) in [6.45, 7) is 14.2. The lowest BCUT2D eigenvalue weighted by Crippen LogP contribution is -2.62. The van der Waals surface area contributed by atoms with Gasteiger partial charge in [-0.05, 0) is 91.9 Å². The lowest BCUT2D eigenvalue weighted by atomic mass is 9.41. The summed E-state index contributed by atoms with van der Waals surface area (Å²) in [5.41, 5.74) is -0.505. The van der Waals surface area contributed by atoms with Gasteiger partial charge in [0.1, 0.15) is 0 Å². The smallest absolute Gasteiger partial charge is 0.306 e.